The molecule has 0 aromatic heterocycles. The van der Waals surface area contributed by atoms with E-state index >= 15 is 0 Å². The van der Waals surface area contributed by atoms with Crippen LogP contribution >= 0.6 is 0 Å². The van der Waals surface area contributed by atoms with Gasteiger partial charge in [-0.15, -0.1) is 0 Å². The zero-order valence-corrected chi connectivity index (χ0v) is 15.8. The monoisotopic (exact) mass is 359 g/mol. The molecule has 138 valence electrons. The lowest BCUT2D eigenvalue weighted by Gasteiger charge is -2.28. The van der Waals surface area contributed by atoms with E-state index in [0.717, 1.165) is 18.8 Å². The highest BCUT2D eigenvalue weighted by molar-refractivity contribution is 5.99. The molecule has 0 radical (unpaired) electrons. The quantitative estimate of drug-likeness (QED) is 0.532. The zero-order valence-electron chi connectivity index (χ0n) is 15.8. The number of hydrogen-bond donors (Lipinski definition) is 0. The molecule has 0 amide bonds. The first kappa shape index (κ1) is 18.9. The highest BCUT2D eigenvalue weighted by atomic mass is 16.5. The van der Waals surface area contributed by atoms with Crippen molar-refractivity contribution in [2.45, 2.75) is 26.1 Å². The normalized spacial score (nSPS) is 12.0. The van der Waals surface area contributed by atoms with Gasteiger partial charge >= 0.3 is 0 Å². The van der Waals surface area contributed by atoms with Gasteiger partial charge in [-0.1, -0.05) is 60.7 Å². The summed E-state index contributed by atoms with van der Waals surface area (Å²) in [6, 6.07) is 27.7. The molecule has 0 fully saturated rings. The van der Waals surface area contributed by atoms with Gasteiger partial charge < -0.3 is 4.74 Å². The third-order valence-corrected chi connectivity index (χ3v) is 4.76. The maximum atomic E-state index is 13.1. The number of carbonyl (C=O) groups is 1. The molecule has 0 aliphatic rings. The van der Waals surface area contributed by atoms with Crippen molar-refractivity contribution < 1.29 is 9.53 Å². The molecule has 0 aliphatic carbocycles. The summed E-state index contributed by atoms with van der Waals surface area (Å²) < 4.78 is 5.19. The van der Waals surface area contributed by atoms with Gasteiger partial charge in [0.05, 0.1) is 13.2 Å². The van der Waals surface area contributed by atoms with Gasteiger partial charge in [-0.05, 0) is 42.3 Å². The maximum Gasteiger partial charge on any atom is 0.179 e. The molecule has 0 N–H and O–H groups in total. The van der Waals surface area contributed by atoms with Gasteiger partial charge in [0, 0.05) is 18.7 Å². The van der Waals surface area contributed by atoms with E-state index in [1.54, 1.807) is 7.11 Å². The van der Waals surface area contributed by atoms with Crippen LogP contribution in [-0.2, 0) is 13.1 Å². The largest absolute Gasteiger partial charge is 0.497 e. The Morgan fingerprint density at radius 1 is 0.815 bits per heavy atom. The molecule has 0 saturated carbocycles. The number of ether oxygens (including phenoxy) is 1. The van der Waals surface area contributed by atoms with E-state index in [1.807, 2.05) is 67.6 Å². The molecule has 1 unspecified atom stereocenters. The maximum absolute atomic E-state index is 13.1. The highest BCUT2D eigenvalue weighted by Gasteiger charge is 2.23. The fourth-order valence-corrected chi connectivity index (χ4v) is 3.13. The second kappa shape index (κ2) is 9.15. The Morgan fingerprint density at radius 2 is 1.30 bits per heavy atom. The minimum atomic E-state index is -0.237. The third-order valence-electron chi connectivity index (χ3n) is 4.76. The van der Waals surface area contributed by atoms with Crippen LogP contribution in [0, 0.1) is 0 Å². The fourth-order valence-electron chi connectivity index (χ4n) is 3.13. The van der Waals surface area contributed by atoms with Gasteiger partial charge in [0.2, 0.25) is 0 Å². The van der Waals surface area contributed by atoms with Crippen LogP contribution in [0.5, 0.6) is 5.75 Å². The van der Waals surface area contributed by atoms with Gasteiger partial charge in [0.25, 0.3) is 0 Å². The number of ketones is 1. The molecule has 0 spiro atoms. The fraction of sp³-hybridized carbons (Fsp3) is 0.208. The van der Waals surface area contributed by atoms with Crippen molar-refractivity contribution >= 4 is 5.78 Å². The van der Waals surface area contributed by atoms with Crippen molar-refractivity contribution in [2.75, 3.05) is 7.11 Å². The van der Waals surface area contributed by atoms with Crippen LogP contribution in [0.2, 0.25) is 0 Å². The Labute approximate surface area is 161 Å². The van der Waals surface area contributed by atoms with E-state index in [9.17, 15) is 4.79 Å². The summed E-state index contributed by atoms with van der Waals surface area (Å²) in [5, 5.41) is 0. The molecule has 0 saturated heterocycles. The predicted octanol–water partition coefficient (Wildman–Crippen LogP) is 4.97. The molecule has 27 heavy (non-hydrogen) atoms. The average Bonchev–Trinajstić information content (AvgIpc) is 2.74. The van der Waals surface area contributed by atoms with Gasteiger partial charge in [0.15, 0.2) is 5.78 Å². The molecule has 1 atom stereocenters. The number of methoxy groups -OCH3 is 1. The van der Waals surface area contributed by atoms with Crippen LogP contribution in [0.25, 0.3) is 0 Å². The summed E-state index contributed by atoms with van der Waals surface area (Å²) in [7, 11) is 1.63. The molecular weight excluding hydrogens is 334 g/mol. The van der Waals surface area contributed by atoms with Crippen LogP contribution in [0.4, 0.5) is 0 Å². The van der Waals surface area contributed by atoms with E-state index < -0.39 is 0 Å². The Bertz CT molecular complexity index is 803. The van der Waals surface area contributed by atoms with Gasteiger partial charge in [0.1, 0.15) is 5.75 Å². The van der Waals surface area contributed by atoms with E-state index in [1.165, 1.54) is 11.1 Å². The zero-order chi connectivity index (χ0) is 19.1. The van der Waals surface area contributed by atoms with Crippen molar-refractivity contribution in [3.63, 3.8) is 0 Å². The van der Waals surface area contributed by atoms with Crippen LogP contribution in [0.1, 0.15) is 28.4 Å². The second-order valence-electron chi connectivity index (χ2n) is 6.64. The number of Topliss-reactive ketones (excluding diaryl/α,β-unsaturated/α-hetero) is 1. The van der Waals surface area contributed by atoms with E-state index in [0.29, 0.717) is 5.56 Å². The van der Waals surface area contributed by atoms with Crippen LogP contribution < -0.4 is 4.74 Å². The molecule has 0 heterocycles. The van der Waals surface area contributed by atoms with Gasteiger partial charge in [-0.3, -0.25) is 9.69 Å². The third kappa shape index (κ3) is 5.05. The lowest BCUT2D eigenvalue weighted by atomic mass is 10.0. The Balaban J connectivity index is 1.82. The summed E-state index contributed by atoms with van der Waals surface area (Å²) >= 11 is 0. The average molecular weight is 359 g/mol. The summed E-state index contributed by atoms with van der Waals surface area (Å²) in [4.78, 5) is 15.3. The summed E-state index contributed by atoms with van der Waals surface area (Å²) in [6.07, 6.45) is 0. The second-order valence-corrected chi connectivity index (χ2v) is 6.64. The first-order valence-electron chi connectivity index (χ1n) is 9.17. The Kier molecular flexibility index (Phi) is 6.39. The topological polar surface area (TPSA) is 29.5 Å². The first-order chi connectivity index (χ1) is 13.2. The van der Waals surface area contributed by atoms with Crippen LogP contribution in [0.15, 0.2) is 84.9 Å². The lowest BCUT2D eigenvalue weighted by Crippen LogP contribution is -2.38. The number of hydrogen-bond acceptors (Lipinski definition) is 3. The van der Waals surface area contributed by atoms with Gasteiger partial charge in [-0.25, -0.2) is 0 Å². The highest BCUT2D eigenvalue weighted by Crippen LogP contribution is 2.18. The lowest BCUT2D eigenvalue weighted by molar-refractivity contribution is 0.0816. The summed E-state index contributed by atoms with van der Waals surface area (Å²) in [5.41, 5.74) is 3.10. The molecule has 0 aliphatic heterocycles. The van der Waals surface area contributed by atoms with Crippen molar-refractivity contribution in [2.24, 2.45) is 0 Å². The standard InChI is InChI=1S/C24H25NO2/c1-19(24(26)22-13-15-23(27-2)16-14-22)25(17-20-9-5-3-6-10-20)18-21-11-7-4-8-12-21/h3-16,19H,17-18H2,1-2H3. The number of benzene rings is 3. The van der Waals surface area contributed by atoms with Crippen LogP contribution in [0.3, 0.4) is 0 Å². The smallest absolute Gasteiger partial charge is 0.179 e. The van der Waals surface area contributed by atoms with E-state index in [-0.39, 0.29) is 11.8 Å². The Hall–Kier alpha value is -2.91. The molecule has 3 aromatic carbocycles. The van der Waals surface area contributed by atoms with E-state index in [4.69, 9.17) is 4.74 Å². The van der Waals surface area contributed by atoms with Crippen molar-refractivity contribution in [1.82, 2.24) is 4.90 Å². The van der Waals surface area contributed by atoms with Crippen LogP contribution in [-0.4, -0.2) is 23.8 Å². The molecular formula is C24H25NO2. The predicted molar refractivity (Wildman–Crippen MR) is 109 cm³/mol. The number of carbonyl (C=O) groups excluding carboxylic acids is 1. The number of rotatable bonds is 8. The Morgan fingerprint density at radius 3 is 1.74 bits per heavy atom. The first-order valence-corrected chi connectivity index (χ1v) is 9.17. The minimum absolute atomic E-state index is 0.115. The van der Waals surface area contributed by atoms with Crippen molar-refractivity contribution in [3.05, 3.63) is 102 Å². The molecule has 3 rings (SSSR count). The van der Waals surface area contributed by atoms with Crippen molar-refractivity contribution in [3.8, 4) is 5.75 Å². The SMILES string of the molecule is COc1ccc(C(=O)C(C)N(Cc2ccccc2)Cc2ccccc2)cc1. The molecule has 3 heteroatoms. The molecule has 3 nitrogen and oxygen atoms in total. The van der Waals surface area contributed by atoms with E-state index in [2.05, 4.69) is 29.2 Å². The molecule has 3 aromatic rings. The van der Waals surface area contributed by atoms with Crippen molar-refractivity contribution in [1.29, 1.82) is 0 Å². The number of nitrogens with zero attached hydrogens (tertiary/aromatic N) is 1. The summed E-state index contributed by atoms with van der Waals surface area (Å²) in [6.45, 7) is 3.43. The van der Waals surface area contributed by atoms with Gasteiger partial charge in [-0.2, -0.15) is 0 Å². The minimum Gasteiger partial charge on any atom is -0.497 e. The summed E-state index contributed by atoms with van der Waals surface area (Å²) in [5.74, 6) is 0.870. The molecule has 0 bridgehead atoms.